The molecule has 1 aliphatic rings. The Morgan fingerprint density at radius 3 is 2.38 bits per heavy atom. The van der Waals surface area contributed by atoms with Crippen molar-refractivity contribution in [3.05, 3.63) is 60.4 Å². The van der Waals surface area contributed by atoms with Crippen molar-refractivity contribution in [1.29, 1.82) is 0 Å². The van der Waals surface area contributed by atoms with Gasteiger partial charge in [0.25, 0.3) is 0 Å². The van der Waals surface area contributed by atoms with Gasteiger partial charge in [-0.3, -0.25) is 14.3 Å². The molecular formula is C22H25N5OS. The number of rotatable bonds is 6. The minimum absolute atomic E-state index is 0.191. The summed E-state index contributed by atoms with van der Waals surface area (Å²) in [5.41, 5.74) is 2.14. The normalized spacial score (nSPS) is 14.6. The van der Waals surface area contributed by atoms with Crippen molar-refractivity contribution in [2.45, 2.75) is 37.4 Å². The molecule has 0 aliphatic carbocycles. The third kappa shape index (κ3) is 5.03. The molecule has 29 heavy (non-hydrogen) atoms. The molecule has 3 heterocycles. The number of carbonyl (C=O) groups excluding carboxylic acids is 1. The molecular weight excluding hydrogens is 382 g/mol. The third-order valence-electron chi connectivity index (χ3n) is 5.12. The van der Waals surface area contributed by atoms with E-state index in [0.29, 0.717) is 12.3 Å². The number of pyridine rings is 1. The topological polar surface area (TPSA) is 63.9 Å². The Morgan fingerprint density at radius 1 is 0.931 bits per heavy atom. The van der Waals surface area contributed by atoms with Crippen LogP contribution in [0.25, 0.3) is 11.4 Å². The minimum atomic E-state index is 0.191. The lowest BCUT2D eigenvalue weighted by atomic mass is 10.2. The van der Waals surface area contributed by atoms with Crippen LogP contribution in [0.15, 0.2) is 60.0 Å². The zero-order chi connectivity index (χ0) is 19.9. The molecule has 1 amide bonds. The molecule has 1 fully saturated rings. The highest BCUT2D eigenvalue weighted by atomic mass is 32.2. The Kier molecular flexibility index (Phi) is 6.56. The Bertz CT molecular complexity index is 921. The van der Waals surface area contributed by atoms with Gasteiger partial charge >= 0.3 is 0 Å². The lowest BCUT2D eigenvalue weighted by molar-refractivity contribution is -0.128. The number of benzene rings is 1. The third-order valence-corrected chi connectivity index (χ3v) is 6.07. The Hall–Kier alpha value is -2.67. The number of carbonyl (C=O) groups is 1. The van der Waals surface area contributed by atoms with Crippen LogP contribution < -0.4 is 0 Å². The van der Waals surface area contributed by atoms with Gasteiger partial charge in [0.2, 0.25) is 5.91 Å². The van der Waals surface area contributed by atoms with Crippen LogP contribution in [0.1, 0.15) is 31.2 Å². The van der Waals surface area contributed by atoms with Crippen LogP contribution in [0, 0.1) is 0 Å². The SMILES string of the molecule is O=C(CSc1nnc(-c2ccncc2)n1Cc1ccccc1)N1CCCCCC1. The molecule has 3 aromatic rings. The zero-order valence-corrected chi connectivity index (χ0v) is 17.2. The molecule has 1 aliphatic heterocycles. The monoisotopic (exact) mass is 407 g/mol. The molecule has 0 spiro atoms. The van der Waals surface area contributed by atoms with Gasteiger partial charge in [-0.05, 0) is 30.5 Å². The lowest BCUT2D eigenvalue weighted by Gasteiger charge is -2.20. The van der Waals surface area contributed by atoms with Gasteiger partial charge in [-0.1, -0.05) is 54.9 Å². The number of aromatic nitrogens is 4. The van der Waals surface area contributed by atoms with Crippen LogP contribution >= 0.6 is 11.8 Å². The molecule has 1 saturated heterocycles. The molecule has 0 unspecified atom stereocenters. The molecule has 150 valence electrons. The lowest BCUT2D eigenvalue weighted by Crippen LogP contribution is -2.33. The van der Waals surface area contributed by atoms with Crippen molar-refractivity contribution in [3.8, 4) is 11.4 Å². The van der Waals surface area contributed by atoms with Gasteiger partial charge in [-0.2, -0.15) is 0 Å². The van der Waals surface area contributed by atoms with Gasteiger partial charge in [-0.25, -0.2) is 0 Å². The first kappa shape index (κ1) is 19.6. The van der Waals surface area contributed by atoms with E-state index in [1.54, 1.807) is 12.4 Å². The fraction of sp³-hybridized carbons (Fsp3) is 0.364. The smallest absolute Gasteiger partial charge is 0.233 e. The predicted octanol–water partition coefficient (Wildman–Crippen LogP) is 3.88. The Labute approximate surface area is 175 Å². The summed E-state index contributed by atoms with van der Waals surface area (Å²) in [6.07, 6.45) is 8.16. The molecule has 0 N–H and O–H groups in total. The van der Waals surface area contributed by atoms with Gasteiger partial charge in [0.15, 0.2) is 11.0 Å². The van der Waals surface area contributed by atoms with Crippen LogP contribution in [-0.4, -0.2) is 49.4 Å². The average Bonchev–Trinajstić information content (AvgIpc) is 2.97. The predicted molar refractivity (Wildman–Crippen MR) is 115 cm³/mol. The molecule has 6 nitrogen and oxygen atoms in total. The van der Waals surface area contributed by atoms with Crippen molar-refractivity contribution in [2.75, 3.05) is 18.8 Å². The molecule has 0 radical (unpaired) electrons. The second-order valence-corrected chi connectivity index (χ2v) is 8.14. The summed E-state index contributed by atoms with van der Waals surface area (Å²) in [6.45, 7) is 2.41. The van der Waals surface area contributed by atoms with Gasteiger partial charge in [-0.15, -0.1) is 10.2 Å². The molecule has 1 aromatic carbocycles. The second kappa shape index (κ2) is 9.69. The van der Waals surface area contributed by atoms with E-state index >= 15 is 0 Å². The van der Waals surface area contributed by atoms with Crippen LogP contribution in [-0.2, 0) is 11.3 Å². The first-order valence-electron chi connectivity index (χ1n) is 10.1. The zero-order valence-electron chi connectivity index (χ0n) is 16.4. The quantitative estimate of drug-likeness (QED) is 0.580. The molecule has 0 saturated carbocycles. The maximum Gasteiger partial charge on any atom is 0.233 e. The molecule has 0 bridgehead atoms. The molecule has 2 aromatic heterocycles. The standard InChI is InChI=1S/C22H25N5OS/c28-20(26-14-6-1-2-7-15-26)17-29-22-25-24-21(19-10-12-23-13-11-19)27(22)16-18-8-4-3-5-9-18/h3-5,8-13H,1-2,6-7,14-17H2. The van der Waals surface area contributed by atoms with E-state index in [2.05, 4.69) is 31.9 Å². The second-order valence-electron chi connectivity index (χ2n) is 7.20. The van der Waals surface area contributed by atoms with Crippen molar-refractivity contribution >= 4 is 17.7 Å². The summed E-state index contributed by atoms with van der Waals surface area (Å²) in [6, 6.07) is 14.1. The summed E-state index contributed by atoms with van der Waals surface area (Å²) in [5.74, 6) is 1.38. The van der Waals surface area contributed by atoms with Crippen molar-refractivity contribution in [3.63, 3.8) is 0 Å². The van der Waals surface area contributed by atoms with Crippen molar-refractivity contribution in [2.24, 2.45) is 0 Å². The molecule has 0 atom stereocenters. The first-order valence-corrected chi connectivity index (χ1v) is 11.1. The summed E-state index contributed by atoms with van der Waals surface area (Å²) < 4.78 is 2.09. The molecule has 4 rings (SSSR count). The number of hydrogen-bond acceptors (Lipinski definition) is 5. The van der Waals surface area contributed by atoms with Crippen LogP contribution in [0.2, 0.25) is 0 Å². The highest BCUT2D eigenvalue weighted by Gasteiger charge is 2.19. The highest BCUT2D eigenvalue weighted by Crippen LogP contribution is 2.25. The van der Waals surface area contributed by atoms with Gasteiger partial charge in [0.05, 0.1) is 12.3 Å². The first-order chi connectivity index (χ1) is 14.3. The molecule has 7 heteroatoms. The maximum absolute atomic E-state index is 12.7. The summed E-state index contributed by atoms with van der Waals surface area (Å²) >= 11 is 1.47. The summed E-state index contributed by atoms with van der Waals surface area (Å²) in [5, 5.41) is 9.60. The minimum Gasteiger partial charge on any atom is -0.342 e. The van der Waals surface area contributed by atoms with E-state index in [4.69, 9.17) is 0 Å². The number of likely N-dealkylation sites (tertiary alicyclic amines) is 1. The maximum atomic E-state index is 12.7. The fourth-order valence-electron chi connectivity index (χ4n) is 3.56. The van der Waals surface area contributed by atoms with E-state index in [1.165, 1.54) is 30.2 Å². The van der Waals surface area contributed by atoms with Gasteiger partial charge < -0.3 is 4.90 Å². The van der Waals surface area contributed by atoms with Crippen molar-refractivity contribution in [1.82, 2.24) is 24.6 Å². The van der Waals surface area contributed by atoms with Crippen molar-refractivity contribution < 1.29 is 4.79 Å². The van der Waals surface area contributed by atoms with E-state index in [0.717, 1.165) is 42.5 Å². The number of nitrogens with zero attached hydrogens (tertiary/aromatic N) is 5. The summed E-state index contributed by atoms with van der Waals surface area (Å²) in [7, 11) is 0. The summed E-state index contributed by atoms with van der Waals surface area (Å²) in [4.78, 5) is 18.8. The Morgan fingerprint density at radius 2 is 1.66 bits per heavy atom. The van der Waals surface area contributed by atoms with Crippen LogP contribution in [0.3, 0.4) is 0 Å². The van der Waals surface area contributed by atoms with Crippen LogP contribution in [0.4, 0.5) is 0 Å². The largest absolute Gasteiger partial charge is 0.342 e. The average molecular weight is 408 g/mol. The van der Waals surface area contributed by atoms with Crippen LogP contribution in [0.5, 0.6) is 0 Å². The van der Waals surface area contributed by atoms with Gasteiger partial charge in [0.1, 0.15) is 0 Å². The number of amides is 1. The number of hydrogen-bond donors (Lipinski definition) is 0. The Balaban J connectivity index is 1.54. The van der Waals surface area contributed by atoms with E-state index in [-0.39, 0.29) is 5.91 Å². The number of thioether (sulfide) groups is 1. The van der Waals surface area contributed by atoms with E-state index in [1.807, 2.05) is 35.2 Å². The highest BCUT2D eigenvalue weighted by molar-refractivity contribution is 7.99. The fourth-order valence-corrected chi connectivity index (χ4v) is 4.40. The van der Waals surface area contributed by atoms with E-state index < -0.39 is 0 Å². The van der Waals surface area contributed by atoms with Gasteiger partial charge in [0, 0.05) is 31.0 Å². The van der Waals surface area contributed by atoms with E-state index in [9.17, 15) is 4.79 Å².